The Morgan fingerprint density at radius 2 is 1.93 bits per heavy atom. The normalized spacial score (nSPS) is 25.9. The first-order valence-corrected chi connectivity index (χ1v) is 9.92. The molecule has 0 radical (unpaired) electrons. The number of aromatic nitrogens is 2. The molecule has 0 aliphatic carbocycles. The summed E-state index contributed by atoms with van der Waals surface area (Å²) < 4.78 is 1.73. The molecular formula is C22H28N4O2. The molecular weight excluding hydrogens is 352 g/mol. The number of carbonyl (C=O) groups excluding carboxylic acids is 2. The molecule has 0 unspecified atom stereocenters. The Balaban J connectivity index is 1.72. The van der Waals surface area contributed by atoms with Crippen LogP contribution in [0.2, 0.25) is 0 Å². The van der Waals surface area contributed by atoms with Gasteiger partial charge in [-0.3, -0.25) is 14.3 Å². The molecule has 0 saturated carbocycles. The molecule has 0 spiro atoms. The standard InChI is InChI=1S/C22H28N4O2/c1-15-18(14-23-25(15)4)20(27)26-17-10-11-19(26)22(13-17,21(28)24(2)3)12-16-8-6-5-7-9-16/h5-9,14,17,19H,10-13H2,1-4H3/t17-,19+,22+/m0/s1. The van der Waals surface area contributed by atoms with Crippen molar-refractivity contribution in [3.63, 3.8) is 0 Å². The monoisotopic (exact) mass is 380 g/mol. The highest BCUT2D eigenvalue weighted by atomic mass is 16.2. The minimum absolute atomic E-state index is 0.0135. The van der Waals surface area contributed by atoms with E-state index in [4.69, 9.17) is 0 Å². The number of hydrogen-bond donors (Lipinski definition) is 0. The molecule has 1 aromatic carbocycles. The van der Waals surface area contributed by atoms with Crippen molar-refractivity contribution < 1.29 is 9.59 Å². The smallest absolute Gasteiger partial charge is 0.257 e. The average Bonchev–Trinajstić information content (AvgIpc) is 3.34. The molecule has 2 aliphatic heterocycles. The van der Waals surface area contributed by atoms with Crippen molar-refractivity contribution in [1.82, 2.24) is 19.6 Å². The fourth-order valence-electron chi connectivity index (χ4n) is 5.24. The second-order valence-corrected chi connectivity index (χ2v) is 8.45. The van der Waals surface area contributed by atoms with Crippen LogP contribution in [0.1, 0.15) is 40.9 Å². The van der Waals surface area contributed by atoms with Crippen LogP contribution in [0, 0.1) is 12.3 Å². The first-order valence-electron chi connectivity index (χ1n) is 9.92. The quantitative estimate of drug-likeness (QED) is 0.819. The minimum Gasteiger partial charge on any atom is -0.348 e. The molecule has 3 atom stereocenters. The second-order valence-electron chi connectivity index (χ2n) is 8.45. The third-order valence-electron chi connectivity index (χ3n) is 6.63. The highest BCUT2D eigenvalue weighted by Crippen LogP contribution is 2.52. The number of hydrogen-bond acceptors (Lipinski definition) is 3. The summed E-state index contributed by atoms with van der Waals surface area (Å²) in [6.45, 7) is 1.92. The van der Waals surface area contributed by atoms with Gasteiger partial charge in [-0.2, -0.15) is 5.10 Å². The van der Waals surface area contributed by atoms with Gasteiger partial charge in [-0.25, -0.2) is 0 Å². The lowest BCUT2D eigenvalue weighted by Gasteiger charge is -2.38. The van der Waals surface area contributed by atoms with Crippen LogP contribution in [-0.4, -0.2) is 57.6 Å². The first kappa shape index (κ1) is 18.7. The van der Waals surface area contributed by atoms with Gasteiger partial charge in [-0.05, 0) is 38.2 Å². The Morgan fingerprint density at radius 3 is 2.54 bits per heavy atom. The van der Waals surface area contributed by atoms with Gasteiger partial charge >= 0.3 is 0 Å². The van der Waals surface area contributed by atoms with E-state index in [1.165, 1.54) is 0 Å². The highest BCUT2D eigenvalue weighted by molar-refractivity contribution is 5.97. The largest absolute Gasteiger partial charge is 0.348 e. The number of aryl methyl sites for hydroxylation is 1. The van der Waals surface area contributed by atoms with Gasteiger partial charge in [0.15, 0.2) is 0 Å². The molecule has 0 N–H and O–H groups in total. The summed E-state index contributed by atoms with van der Waals surface area (Å²) in [5, 5.41) is 4.24. The molecule has 4 rings (SSSR count). The van der Waals surface area contributed by atoms with E-state index in [2.05, 4.69) is 17.2 Å². The first-order chi connectivity index (χ1) is 13.3. The third kappa shape index (κ3) is 2.74. The Kier molecular flexibility index (Phi) is 4.52. The summed E-state index contributed by atoms with van der Waals surface area (Å²) in [5.41, 5.74) is 2.10. The van der Waals surface area contributed by atoms with Crippen LogP contribution in [0.3, 0.4) is 0 Å². The van der Waals surface area contributed by atoms with Crippen LogP contribution < -0.4 is 0 Å². The number of benzene rings is 1. The van der Waals surface area contributed by atoms with Crippen molar-refractivity contribution in [3.8, 4) is 0 Å². The third-order valence-corrected chi connectivity index (χ3v) is 6.63. The maximum absolute atomic E-state index is 13.4. The van der Waals surface area contributed by atoms with Crippen LogP contribution in [-0.2, 0) is 18.3 Å². The molecule has 2 aromatic rings. The van der Waals surface area contributed by atoms with Gasteiger partial charge in [0, 0.05) is 38.9 Å². The lowest BCUT2D eigenvalue weighted by molar-refractivity contribution is -0.141. The van der Waals surface area contributed by atoms with Crippen LogP contribution >= 0.6 is 0 Å². The van der Waals surface area contributed by atoms with Crippen molar-refractivity contribution in [3.05, 3.63) is 53.3 Å². The summed E-state index contributed by atoms with van der Waals surface area (Å²) in [6.07, 6.45) is 4.90. The van der Waals surface area contributed by atoms with Gasteiger partial charge in [0.05, 0.1) is 17.2 Å². The number of fused-ring (bicyclic) bond motifs is 2. The topological polar surface area (TPSA) is 58.4 Å². The van der Waals surface area contributed by atoms with Gasteiger partial charge in [0.1, 0.15) is 0 Å². The lowest BCUT2D eigenvalue weighted by Crippen LogP contribution is -2.50. The summed E-state index contributed by atoms with van der Waals surface area (Å²) >= 11 is 0. The van der Waals surface area contributed by atoms with Gasteiger partial charge < -0.3 is 9.80 Å². The molecule has 3 heterocycles. The van der Waals surface area contributed by atoms with E-state index in [1.54, 1.807) is 15.8 Å². The highest BCUT2D eigenvalue weighted by Gasteiger charge is 2.61. The molecule has 2 fully saturated rings. The van der Waals surface area contributed by atoms with Crippen molar-refractivity contribution in [2.75, 3.05) is 14.1 Å². The molecule has 6 nitrogen and oxygen atoms in total. The van der Waals surface area contributed by atoms with E-state index >= 15 is 0 Å². The van der Waals surface area contributed by atoms with E-state index in [0.29, 0.717) is 12.0 Å². The molecule has 2 saturated heterocycles. The van der Waals surface area contributed by atoms with Gasteiger partial charge in [0.25, 0.3) is 5.91 Å². The van der Waals surface area contributed by atoms with Crippen LogP contribution in [0.15, 0.2) is 36.5 Å². The second kappa shape index (κ2) is 6.76. The van der Waals surface area contributed by atoms with Crippen LogP contribution in [0.5, 0.6) is 0 Å². The van der Waals surface area contributed by atoms with Crippen molar-refractivity contribution in [1.29, 1.82) is 0 Å². The molecule has 148 valence electrons. The van der Waals surface area contributed by atoms with Crippen LogP contribution in [0.4, 0.5) is 0 Å². The zero-order chi connectivity index (χ0) is 20.1. The SMILES string of the molecule is Cc1c(C(=O)N2[C@H]3CC[C@@H]2[C@](Cc2ccccc2)(C(=O)N(C)C)C3)cnn1C. The fraction of sp³-hybridized carbons (Fsp3) is 0.500. The Morgan fingerprint density at radius 1 is 1.21 bits per heavy atom. The summed E-state index contributed by atoms with van der Waals surface area (Å²) in [4.78, 5) is 30.5. The number of nitrogens with zero attached hydrogens (tertiary/aromatic N) is 4. The van der Waals surface area contributed by atoms with Crippen molar-refractivity contribution in [2.45, 2.75) is 44.7 Å². The summed E-state index contributed by atoms with van der Waals surface area (Å²) in [5.74, 6) is 0.142. The molecule has 2 amide bonds. The van der Waals surface area contributed by atoms with Crippen molar-refractivity contribution in [2.24, 2.45) is 12.5 Å². The van der Waals surface area contributed by atoms with E-state index in [1.807, 2.05) is 51.2 Å². The van der Waals surface area contributed by atoms with Gasteiger partial charge in [-0.15, -0.1) is 0 Å². The number of carbonyl (C=O) groups is 2. The van der Waals surface area contributed by atoms with Crippen molar-refractivity contribution >= 4 is 11.8 Å². The van der Waals surface area contributed by atoms with E-state index in [-0.39, 0.29) is 23.9 Å². The zero-order valence-corrected chi connectivity index (χ0v) is 17.1. The zero-order valence-electron chi connectivity index (χ0n) is 17.1. The van der Waals surface area contributed by atoms with Gasteiger partial charge in [0.2, 0.25) is 5.91 Å². The Hall–Kier alpha value is -2.63. The van der Waals surface area contributed by atoms with E-state index in [9.17, 15) is 9.59 Å². The summed E-state index contributed by atoms with van der Waals surface area (Å²) in [7, 11) is 5.48. The number of amides is 2. The fourth-order valence-corrected chi connectivity index (χ4v) is 5.24. The Labute approximate surface area is 166 Å². The maximum atomic E-state index is 13.4. The number of rotatable bonds is 4. The molecule has 6 heteroatoms. The summed E-state index contributed by atoms with van der Waals surface area (Å²) in [6, 6.07) is 10.2. The molecule has 1 aromatic heterocycles. The maximum Gasteiger partial charge on any atom is 0.257 e. The van der Waals surface area contributed by atoms with E-state index < -0.39 is 5.41 Å². The van der Waals surface area contributed by atoms with E-state index in [0.717, 1.165) is 30.5 Å². The Bertz CT molecular complexity index is 905. The average molecular weight is 380 g/mol. The predicted octanol–water partition coefficient (Wildman–Crippen LogP) is 2.42. The molecule has 2 bridgehead atoms. The van der Waals surface area contributed by atoms with Gasteiger partial charge in [-0.1, -0.05) is 30.3 Å². The molecule has 28 heavy (non-hydrogen) atoms. The predicted molar refractivity (Wildman–Crippen MR) is 107 cm³/mol. The van der Waals surface area contributed by atoms with Crippen LogP contribution in [0.25, 0.3) is 0 Å². The minimum atomic E-state index is -0.556. The molecule has 2 aliphatic rings. The lowest BCUT2D eigenvalue weighted by atomic mass is 9.69.